The largest absolute Gasteiger partial charge is 4.00 e. The number of allylic oxidation sites excluding steroid dienone is 2. The molecule has 1 fully saturated rings. The standard InChI is InChI=1S/C10H16.2C5H5.Zr/c1-3-4-7-10-8-5-6-9(10)2;2*1-2-4-5-3-1;/h9H,2-6,8H2,1H3;2*1-5H;/q-2;2*-1;+4. The van der Waals surface area contributed by atoms with Gasteiger partial charge in [-0.3, -0.25) is 5.57 Å². The fourth-order valence-electron chi connectivity index (χ4n) is 2.08. The van der Waals surface area contributed by atoms with E-state index in [9.17, 15) is 0 Å². The van der Waals surface area contributed by atoms with Gasteiger partial charge in [-0.05, 0) is 0 Å². The summed E-state index contributed by atoms with van der Waals surface area (Å²) in [6, 6.07) is 20.0. The van der Waals surface area contributed by atoms with Gasteiger partial charge in [0.25, 0.3) is 0 Å². The van der Waals surface area contributed by atoms with Crippen LogP contribution in [0.2, 0.25) is 0 Å². The van der Waals surface area contributed by atoms with Crippen molar-refractivity contribution in [2.75, 3.05) is 0 Å². The Morgan fingerprint density at radius 1 is 1.10 bits per heavy atom. The quantitative estimate of drug-likeness (QED) is 0.582. The van der Waals surface area contributed by atoms with Crippen LogP contribution >= 0.6 is 0 Å². The van der Waals surface area contributed by atoms with E-state index in [1.54, 1.807) is 0 Å². The maximum Gasteiger partial charge on any atom is 4.00 e. The zero-order valence-corrected chi connectivity index (χ0v) is 15.6. The molecule has 0 amide bonds. The predicted octanol–water partition coefficient (Wildman–Crippen LogP) is 5.96. The van der Waals surface area contributed by atoms with Crippen molar-refractivity contribution >= 4 is 0 Å². The molecule has 1 saturated carbocycles. The van der Waals surface area contributed by atoms with Gasteiger partial charge in [0.1, 0.15) is 0 Å². The monoisotopic (exact) mass is 356 g/mol. The minimum atomic E-state index is 0. The van der Waals surface area contributed by atoms with Crippen LogP contribution in [0.25, 0.3) is 0 Å². The Bertz CT molecular complexity index is 348. The molecule has 1 aliphatic rings. The molecule has 0 nitrogen and oxygen atoms in total. The third kappa shape index (κ3) is 10.7. The molecule has 0 spiro atoms. The number of hydrogen-bond donors (Lipinski definition) is 0. The predicted molar refractivity (Wildman–Crippen MR) is 88.4 cm³/mol. The second kappa shape index (κ2) is 14.3. The minimum Gasteiger partial charge on any atom is -0.499 e. The van der Waals surface area contributed by atoms with Crippen LogP contribution in [-0.2, 0) is 26.2 Å². The molecule has 1 heteroatoms. The summed E-state index contributed by atoms with van der Waals surface area (Å²) < 4.78 is 0. The van der Waals surface area contributed by atoms with Crippen molar-refractivity contribution in [1.82, 2.24) is 0 Å². The molecule has 2 aromatic rings. The number of hydrogen-bond acceptors (Lipinski definition) is 0. The molecular weight excluding hydrogens is 331 g/mol. The summed E-state index contributed by atoms with van der Waals surface area (Å²) in [6.07, 6.45) is 9.66. The van der Waals surface area contributed by atoms with Crippen molar-refractivity contribution in [3.05, 3.63) is 79.2 Å². The molecule has 3 rings (SSSR count). The van der Waals surface area contributed by atoms with Crippen LogP contribution in [0.15, 0.2) is 66.2 Å². The van der Waals surface area contributed by atoms with Gasteiger partial charge in [-0.1, -0.05) is 32.6 Å². The Morgan fingerprint density at radius 2 is 1.62 bits per heavy atom. The van der Waals surface area contributed by atoms with Crippen LogP contribution in [-0.4, -0.2) is 0 Å². The van der Waals surface area contributed by atoms with Gasteiger partial charge >= 0.3 is 26.2 Å². The Balaban J connectivity index is 0.000000307. The van der Waals surface area contributed by atoms with E-state index in [0.29, 0.717) is 5.92 Å². The summed E-state index contributed by atoms with van der Waals surface area (Å²) in [5.41, 5.74) is 1.49. The fraction of sp³-hybridized carbons (Fsp3) is 0.350. The Kier molecular flexibility index (Phi) is 13.8. The van der Waals surface area contributed by atoms with E-state index >= 15 is 0 Å². The summed E-state index contributed by atoms with van der Waals surface area (Å²) in [5.74, 6) is 0.589. The van der Waals surface area contributed by atoms with Crippen molar-refractivity contribution in [2.45, 2.75) is 39.0 Å². The first kappa shape index (κ1) is 20.3. The molecule has 0 bridgehead atoms. The van der Waals surface area contributed by atoms with Crippen molar-refractivity contribution in [3.8, 4) is 0 Å². The summed E-state index contributed by atoms with van der Waals surface area (Å²) in [7, 11) is 0. The molecule has 0 aliphatic heterocycles. The maximum atomic E-state index is 4.07. The van der Waals surface area contributed by atoms with Crippen LogP contribution in [0.3, 0.4) is 0 Å². The van der Waals surface area contributed by atoms with Gasteiger partial charge in [-0.25, -0.2) is 24.3 Å². The normalized spacial score (nSPS) is 18.0. The molecule has 110 valence electrons. The molecule has 2 aromatic carbocycles. The molecule has 1 aliphatic carbocycles. The van der Waals surface area contributed by atoms with Crippen molar-refractivity contribution in [2.24, 2.45) is 5.92 Å². The second-order valence-electron chi connectivity index (χ2n) is 4.97. The number of rotatable bonds is 2. The Morgan fingerprint density at radius 3 is 1.90 bits per heavy atom. The Hall–Kier alpha value is -0.677. The van der Waals surface area contributed by atoms with E-state index in [0.717, 1.165) is 6.42 Å². The van der Waals surface area contributed by atoms with Gasteiger partial charge in [-0.2, -0.15) is 48.7 Å². The van der Waals surface area contributed by atoms with Crippen molar-refractivity contribution in [1.29, 1.82) is 0 Å². The summed E-state index contributed by atoms with van der Waals surface area (Å²) in [5, 5.41) is 0. The second-order valence-corrected chi connectivity index (χ2v) is 4.97. The zero-order chi connectivity index (χ0) is 14.5. The third-order valence-electron chi connectivity index (χ3n) is 3.20. The van der Waals surface area contributed by atoms with Crippen LogP contribution < -0.4 is 0 Å². The first-order valence-corrected chi connectivity index (χ1v) is 7.60. The van der Waals surface area contributed by atoms with E-state index in [2.05, 4.69) is 19.9 Å². The molecular formula is C20H26Zr. The first-order valence-electron chi connectivity index (χ1n) is 7.60. The molecule has 0 N–H and O–H groups in total. The van der Waals surface area contributed by atoms with Crippen LogP contribution in [0.4, 0.5) is 0 Å². The molecule has 21 heavy (non-hydrogen) atoms. The zero-order valence-electron chi connectivity index (χ0n) is 13.1. The van der Waals surface area contributed by atoms with E-state index in [-0.39, 0.29) is 26.2 Å². The maximum absolute atomic E-state index is 4.07. The minimum absolute atomic E-state index is 0. The third-order valence-corrected chi connectivity index (χ3v) is 3.20. The van der Waals surface area contributed by atoms with Crippen LogP contribution in [0.1, 0.15) is 39.0 Å². The van der Waals surface area contributed by atoms with Gasteiger partial charge in [0.2, 0.25) is 0 Å². The van der Waals surface area contributed by atoms with Gasteiger partial charge in [0.15, 0.2) is 0 Å². The average molecular weight is 358 g/mol. The summed E-state index contributed by atoms with van der Waals surface area (Å²) in [6.45, 7) is 6.27. The van der Waals surface area contributed by atoms with Gasteiger partial charge in [-0.15, -0.1) is 0 Å². The average Bonchev–Trinajstić information content (AvgIpc) is 3.22. The summed E-state index contributed by atoms with van der Waals surface area (Å²) in [4.78, 5) is 0. The SMILES string of the molecule is [CH2-]C1CCCC1=[C-]CCC.[Zr+4].c1cc[cH-]c1.c1cc[cH-]c1. The molecule has 0 saturated heterocycles. The van der Waals surface area contributed by atoms with E-state index < -0.39 is 0 Å². The van der Waals surface area contributed by atoms with Crippen LogP contribution in [0.5, 0.6) is 0 Å². The van der Waals surface area contributed by atoms with E-state index in [1.165, 1.54) is 31.3 Å². The molecule has 1 atom stereocenters. The Labute approximate surface area is 150 Å². The van der Waals surface area contributed by atoms with Gasteiger partial charge in [0, 0.05) is 0 Å². The van der Waals surface area contributed by atoms with Crippen LogP contribution in [0, 0.1) is 18.9 Å². The van der Waals surface area contributed by atoms with E-state index in [1.807, 2.05) is 60.7 Å². The smallest absolute Gasteiger partial charge is 0.499 e. The summed E-state index contributed by atoms with van der Waals surface area (Å²) >= 11 is 0. The van der Waals surface area contributed by atoms with Crippen molar-refractivity contribution in [3.63, 3.8) is 0 Å². The topological polar surface area (TPSA) is 0 Å². The van der Waals surface area contributed by atoms with Crippen molar-refractivity contribution < 1.29 is 26.2 Å². The molecule has 0 heterocycles. The van der Waals surface area contributed by atoms with Gasteiger partial charge in [0.05, 0.1) is 0 Å². The number of unbranched alkanes of at least 4 members (excludes halogenated alkanes) is 1. The van der Waals surface area contributed by atoms with E-state index in [4.69, 9.17) is 0 Å². The molecule has 0 aromatic heterocycles. The van der Waals surface area contributed by atoms with Gasteiger partial charge < -0.3 is 13.0 Å². The fourth-order valence-corrected chi connectivity index (χ4v) is 2.08. The molecule has 1 unspecified atom stereocenters. The molecule has 0 radical (unpaired) electrons. The first-order chi connectivity index (χ1) is 9.84.